The summed E-state index contributed by atoms with van der Waals surface area (Å²) in [4.78, 5) is 10.7. The molecule has 0 unspecified atom stereocenters. The first-order valence-corrected chi connectivity index (χ1v) is 3.90. The minimum absolute atomic E-state index is 0. The predicted molar refractivity (Wildman–Crippen MR) is 48.1 cm³/mol. The Bertz CT molecular complexity index is 399. The zero-order valence-corrected chi connectivity index (χ0v) is 8.55. The van der Waals surface area contributed by atoms with Crippen molar-refractivity contribution in [1.29, 1.82) is 0 Å². The molecule has 0 aliphatic heterocycles. The summed E-state index contributed by atoms with van der Waals surface area (Å²) in [6, 6.07) is 5.08. The molecular formula is C11H9LiO2. The summed E-state index contributed by atoms with van der Waals surface area (Å²) in [6.07, 6.45) is 0. The van der Waals surface area contributed by atoms with Gasteiger partial charge in [-0.3, -0.25) is 0 Å². The zero-order chi connectivity index (χ0) is 9.84. The second-order valence-electron chi connectivity index (χ2n) is 2.71. The molecule has 0 amide bonds. The summed E-state index contributed by atoms with van der Waals surface area (Å²) in [5.74, 6) is 4.19. The summed E-state index contributed by atoms with van der Waals surface area (Å²) in [6.45, 7) is 3.49. The molecule has 1 aromatic rings. The number of carboxylic acids is 1. The van der Waals surface area contributed by atoms with E-state index in [2.05, 4.69) is 11.8 Å². The van der Waals surface area contributed by atoms with E-state index in [-0.39, 0.29) is 24.4 Å². The van der Waals surface area contributed by atoms with E-state index in [0.717, 1.165) is 5.56 Å². The van der Waals surface area contributed by atoms with Crippen LogP contribution in [0.2, 0.25) is 0 Å². The van der Waals surface area contributed by atoms with Crippen molar-refractivity contribution in [3.63, 3.8) is 0 Å². The van der Waals surface area contributed by atoms with E-state index in [1.54, 1.807) is 19.1 Å². The van der Waals surface area contributed by atoms with Gasteiger partial charge in [-0.25, -0.2) is 0 Å². The molecule has 0 aliphatic carbocycles. The molecule has 0 aromatic heterocycles. The molecule has 0 atom stereocenters. The van der Waals surface area contributed by atoms with E-state index in [1.807, 2.05) is 13.0 Å². The van der Waals surface area contributed by atoms with Gasteiger partial charge in [-0.05, 0) is 26.0 Å². The Morgan fingerprint density at radius 3 is 2.57 bits per heavy atom. The van der Waals surface area contributed by atoms with Gasteiger partial charge in [0.25, 0.3) is 0 Å². The van der Waals surface area contributed by atoms with Gasteiger partial charge in [-0.2, -0.15) is 0 Å². The van der Waals surface area contributed by atoms with Crippen LogP contribution in [0.5, 0.6) is 0 Å². The van der Waals surface area contributed by atoms with Crippen LogP contribution in [0.25, 0.3) is 0 Å². The maximum absolute atomic E-state index is 10.7. The third-order valence-electron chi connectivity index (χ3n) is 1.65. The Balaban J connectivity index is 0.00000169. The maximum Gasteiger partial charge on any atom is 1.00 e. The molecule has 66 valence electrons. The molecule has 1 aromatic carbocycles. The topological polar surface area (TPSA) is 40.1 Å². The number of rotatable bonds is 1. The summed E-state index contributed by atoms with van der Waals surface area (Å²) in [5.41, 5.74) is 1.56. The van der Waals surface area contributed by atoms with Crippen molar-refractivity contribution in [1.82, 2.24) is 0 Å². The molecule has 0 N–H and O–H groups in total. The van der Waals surface area contributed by atoms with Gasteiger partial charge in [0.15, 0.2) is 0 Å². The second-order valence-corrected chi connectivity index (χ2v) is 2.71. The van der Waals surface area contributed by atoms with Crippen molar-refractivity contribution in [2.24, 2.45) is 0 Å². The molecule has 0 saturated heterocycles. The quantitative estimate of drug-likeness (QED) is 0.361. The fraction of sp³-hybridized carbons (Fsp3) is 0.182. The van der Waals surface area contributed by atoms with Crippen LogP contribution < -0.4 is 24.0 Å². The standard InChI is InChI=1S/C11H10O2.Li/c1-3-4-9-6-5-8(2)7-10(9)11(12)13;/h5-7H,1-2H3,(H,12,13);/q;+1/p-1. The average Bonchev–Trinajstić information content (AvgIpc) is 2.08. The van der Waals surface area contributed by atoms with E-state index in [9.17, 15) is 9.90 Å². The summed E-state index contributed by atoms with van der Waals surface area (Å²) in [7, 11) is 0. The normalized spacial score (nSPS) is 8.14. The van der Waals surface area contributed by atoms with Gasteiger partial charge in [0, 0.05) is 11.1 Å². The van der Waals surface area contributed by atoms with Crippen LogP contribution in [0.15, 0.2) is 18.2 Å². The number of hydrogen-bond donors (Lipinski definition) is 0. The molecule has 1 rings (SSSR count). The number of aryl methyl sites for hydroxylation is 1. The van der Waals surface area contributed by atoms with Gasteiger partial charge in [0.2, 0.25) is 0 Å². The Morgan fingerprint density at radius 2 is 2.07 bits per heavy atom. The molecule has 0 heterocycles. The van der Waals surface area contributed by atoms with Crippen LogP contribution in [0.4, 0.5) is 0 Å². The molecule has 2 nitrogen and oxygen atoms in total. The largest absolute Gasteiger partial charge is 1.00 e. The Labute approximate surface area is 95.5 Å². The molecule has 0 spiro atoms. The third kappa shape index (κ3) is 2.96. The fourth-order valence-corrected chi connectivity index (χ4v) is 1.07. The Kier molecular flexibility index (Phi) is 5.09. The summed E-state index contributed by atoms with van der Waals surface area (Å²) >= 11 is 0. The van der Waals surface area contributed by atoms with Crippen LogP contribution >= 0.6 is 0 Å². The monoisotopic (exact) mass is 180 g/mol. The van der Waals surface area contributed by atoms with Crippen molar-refractivity contribution in [2.45, 2.75) is 13.8 Å². The molecule has 14 heavy (non-hydrogen) atoms. The van der Waals surface area contributed by atoms with Crippen molar-refractivity contribution in [2.75, 3.05) is 0 Å². The molecule has 0 saturated carbocycles. The van der Waals surface area contributed by atoms with Crippen molar-refractivity contribution < 1.29 is 28.8 Å². The smallest absolute Gasteiger partial charge is 0.545 e. The number of aromatic carboxylic acids is 1. The Morgan fingerprint density at radius 1 is 1.43 bits per heavy atom. The first kappa shape index (κ1) is 12.8. The van der Waals surface area contributed by atoms with E-state index in [4.69, 9.17) is 0 Å². The minimum atomic E-state index is -1.18. The molecule has 0 radical (unpaired) electrons. The van der Waals surface area contributed by atoms with Gasteiger partial charge in [0.1, 0.15) is 0 Å². The second kappa shape index (κ2) is 5.55. The third-order valence-corrected chi connectivity index (χ3v) is 1.65. The van der Waals surface area contributed by atoms with Crippen LogP contribution in [0.3, 0.4) is 0 Å². The number of benzene rings is 1. The average molecular weight is 180 g/mol. The molecular weight excluding hydrogens is 171 g/mol. The molecule has 0 fully saturated rings. The maximum atomic E-state index is 10.7. The van der Waals surface area contributed by atoms with E-state index < -0.39 is 5.97 Å². The van der Waals surface area contributed by atoms with Gasteiger partial charge in [-0.15, -0.1) is 5.92 Å². The van der Waals surface area contributed by atoms with Crippen LogP contribution in [-0.4, -0.2) is 5.97 Å². The molecule has 3 heteroatoms. The van der Waals surface area contributed by atoms with Crippen LogP contribution in [0, 0.1) is 18.8 Å². The first-order valence-electron chi connectivity index (χ1n) is 3.90. The molecule has 0 bridgehead atoms. The van der Waals surface area contributed by atoms with Gasteiger partial charge >= 0.3 is 18.9 Å². The van der Waals surface area contributed by atoms with E-state index in [1.165, 1.54) is 0 Å². The first-order chi connectivity index (χ1) is 6.15. The zero-order valence-electron chi connectivity index (χ0n) is 8.55. The van der Waals surface area contributed by atoms with Crippen molar-refractivity contribution in [3.05, 3.63) is 34.9 Å². The fourth-order valence-electron chi connectivity index (χ4n) is 1.07. The van der Waals surface area contributed by atoms with Crippen LogP contribution in [0.1, 0.15) is 28.4 Å². The van der Waals surface area contributed by atoms with Gasteiger partial charge in [-0.1, -0.05) is 17.6 Å². The van der Waals surface area contributed by atoms with Crippen molar-refractivity contribution >= 4 is 5.97 Å². The number of carboxylic acid groups (broad SMARTS) is 1. The van der Waals surface area contributed by atoms with E-state index >= 15 is 0 Å². The SMILES string of the molecule is CC#Cc1ccc(C)cc1C(=O)[O-].[Li+]. The number of carbonyl (C=O) groups is 1. The predicted octanol–water partition coefficient (Wildman–Crippen LogP) is -2.27. The summed E-state index contributed by atoms with van der Waals surface area (Å²) < 4.78 is 0. The van der Waals surface area contributed by atoms with Crippen molar-refractivity contribution in [3.8, 4) is 11.8 Å². The van der Waals surface area contributed by atoms with Gasteiger partial charge < -0.3 is 9.90 Å². The summed E-state index contributed by atoms with van der Waals surface area (Å²) in [5, 5.41) is 10.7. The Hall–Kier alpha value is -1.15. The van der Waals surface area contributed by atoms with E-state index in [0.29, 0.717) is 5.56 Å². The minimum Gasteiger partial charge on any atom is -0.545 e. The van der Waals surface area contributed by atoms with Crippen LogP contribution in [-0.2, 0) is 0 Å². The molecule has 0 aliphatic rings. The number of hydrogen-bond acceptors (Lipinski definition) is 2. The number of carbonyl (C=O) groups excluding carboxylic acids is 1. The van der Waals surface area contributed by atoms with Gasteiger partial charge in [0.05, 0.1) is 5.97 Å².